The molecule has 4 rings (SSSR count). The summed E-state index contributed by atoms with van der Waals surface area (Å²) >= 11 is 0. The number of hydrogen-bond donors (Lipinski definition) is 3. The molecule has 1 aromatic heterocycles. The van der Waals surface area contributed by atoms with Crippen LogP contribution in [0.15, 0.2) is 89.0 Å². The lowest BCUT2D eigenvalue weighted by Crippen LogP contribution is -2.14. The number of nitrogen functional groups attached to an aromatic ring is 1. The molecule has 36 heavy (non-hydrogen) atoms. The van der Waals surface area contributed by atoms with Gasteiger partial charge >= 0.3 is 0 Å². The SMILES string of the molecule is CS(=O)(=O)c1ccc(F)cc1-c1ccc(NC(=O)c2cccnc2-c2cccc(N)c2C=NO)cc1. The number of carbonyl (C=O) groups is 1. The average Bonchev–Trinajstić information content (AvgIpc) is 2.85. The maximum absolute atomic E-state index is 13.9. The first-order valence-corrected chi connectivity index (χ1v) is 12.5. The number of amides is 1. The summed E-state index contributed by atoms with van der Waals surface area (Å²) in [6.07, 6.45) is 3.77. The van der Waals surface area contributed by atoms with Crippen molar-refractivity contribution >= 4 is 33.3 Å². The first kappa shape index (κ1) is 24.6. The second-order valence-corrected chi connectivity index (χ2v) is 9.88. The minimum atomic E-state index is -3.58. The molecule has 1 amide bonds. The molecule has 0 saturated carbocycles. The molecule has 0 bridgehead atoms. The van der Waals surface area contributed by atoms with E-state index in [1.54, 1.807) is 54.6 Å². The number of nitrogens with zero attached hydrogens (tertiary/aromatic N) is 2. The molecule has 0 spiro atoms. The van der Waals surface area contributed by atoms with Crippen molar-refractivity contribution in [1.82, 2.24) is 4.98 Å². The van der Waals surface area contributed by atoms with Crippen LogP contribution >= 0.6 is 0 Å². The van der Waals surface area contributed by atoms with Gasteiger partial charge in [-0.3, -0.25) is 9.78 Å². The fourth-order valence-electron chi connectivity index (χ4n) is 3.78. The Morgan fingerprint density at radius 1 is 1.06 bits per heavy atom. The van der Waals surface area contributed by atoms with Gasteiger partial charge in [0.15, 0.2) is 9.84 Å². The van der Waals surface area contributed by atoms with Crippen molar-refractivity contribution in [2.75, 3.05) is 17.3 Å². The highest BCUT2D eigenvalue weighted by atomic mass is 32.2. The average molecular weight is 505 g/mol. The van der Waals surface area contributed by atoms with E-state index in [0.717, 1.165) is 18.4 Å². The predicted molar refractivity (Wildman–Crippen MR) is 136 cm³/mol. The molecule has 0 aliphatic carbocycles. The first-order valence-electron chi connectivity index (χ1n) is 10.6. The predicted octanol–water partition coefficient (Wildman–Crippen LogP) is 4.60. The van der Waals surface area contributed by atoms with E-state index in [-0.39, 0.29) is 16.0 Å². The number of rotatable bonds is 6. The second-order valence-electron chi connectivity index (χ2n) is 7.90. The van der Waals surface area contributed by atoms with E-state index < -0.39 is 21.6 Å². The Balaban J connectivity index is 1.66. The zero-order valence-electron chi connectivity index (χ0n) is 19.0. The van der Waals surface area contributed by atoms with Crippen molar-refractivity contribution in [2.24, 2.45) is 5.16 Å². The third kappa shape index (κ3) is 5.08. The van der Waals surface area contributed by atoms with Crippen LogP contribution in [0.3, 0.4) is 0 Å². The summed E-state index contributed by atoms with van der Waals surface area (Å²) in [6.45, 7) is 0. The molecule has 182 valence electrons. The number of carbonyl (C=O) groups excluding carboxylic acids is 1. The summed E-state index contributed by atoms with van der Waals surface area (Å²) in [6, 6.07) is 18.1. The van der Waals surface area contributed by atoms with Crippen molar-refractivity contribution in [1.29, 1.82) is 0 Å². The number of hydrogen-bond acceptors (Lipinski definition) is 7. The lowest BCUT2D eigenvalue weighted by molar-refractivity contribution is 0.102. The summed E-state index contributed by atoms with van der Waals surface area (Å²) in [5.74, 6) is -1.02. The van der Waals surface area contributed by atoms with E-state index in [1.807, 2.05) is 0 Å². The molecule has 8 nitrogen and oxygen atoms in total. The van der Waals surface area contributed by atoms with Crippen molar-refractivity contribution < 1.29 is 22.8 Å². The number of oxime groups is 1. The third-order valence-corrected chi connectivity index (χ3v) is 6.58. The number of aromatic nitrogens is 1. The summed E-state index contributed by atoms with van der Waals surface area (Å²) in [4.78, 5) is 17.5. The van der Waals surface area contributed by atoms with Crippen LogP contribution in [0.1, 0.15) is 15.9 Å². The van der Waals surface area contributed by atoms with Gasteiger partial charge in [0.2, 0.25) is 0 Å². The summed E-state index contributed by atoms with van der Waals surface area (Å²) in [5, 5.41) is 14.9. The maximum atomic E-state index is 13.9. The molecule has 0 radical (unpaired) electrons. The van der Waals surface area contributed by atoms with Crippen LogP contribution in [-0.2, 0) is 9.84 Å². The van der Waals surface area contributed by atoms with Gasteiger partial charge in [0.1, 0.15) is 5.82 Å². The van der Waals surface area contributed by atoms with Gasteiger partial charge in [0.25, 0.3) is 5.91 Å². The van der Waals surface area contributed by atoms with Crippen LogP contribution in [0.2, 0.25) is 0 Å². The van der Waals surface area contributed by atoms with Gasteiger partial charge in [0, 0.05) is 40.5 Å². The molecule has 0 unspecified atom stereocenters. The largest absolute Gasteiger partial charge is 0.411 e. The Bertz CT molecular complexity index is 1590. The lowest BCUT2D eigenvalue weighted by atomic mass is 9.99. The number of nitrogens with one attached hydrogen (secondary N) is 1. The number of anilines is 2. The zero-order chi connectivity index (χ0) is 25.9. The van der Waals surface area contributed by atoms with E-state index in [0.29, 0.717) is 33.8 Å². The Hall–Kier alpha value is -4.57. The lowest BCUT2D eigenvalue weighted by Gasteiger charge is -2.13. The molecule has 0 aliphatic rings. The molecular formula is C26H21FN4O4S. The molecule has 0 saturated heterocycles. The summed E-state index contributed by atoms with van der Waals surface area (Å²) in [7, 11) is -3.58. The molecule has 4 N–H and O–H groups in total. The number of pyridine rings is 1. The van der Waals surface area contributed by atoms with Gasteiger partial charge in [-0.25, -0.2) is 12.8 Å². The van der Waals surface area contributed by atoms with Crippen LogP contribution in [-0.4, -0.2) is 37.0 Å². The molecule has 0 fully saturated rings. The monoisotopic (exact) mass is 504 g/mol. The highest BCUT2D eigenvalue weighted by Crippen LogP contribution is 2.31. The van der Waals surface area contributed by atoms with Crippen molar-refractivity contribution in [3.05, 3.63) is 95.9 Å². The zero-order valence-corrected chi connectivity index (χ0v) is 19.8. The molecular weight excluding hydrogens is 483 g/mol. The Labute approximate surface area is 206 Å². The number of sulfone groups is 1. The quantitative estimate of drug-likeness (QED) is 0.115. The summed E-state index contributed by atoms with van der Waals surface area (Å²) in [5.41, 5.74) is 9.01. The minimum Gasteiger partial charge on any atom is -0.411 e. The number of benzene rings is 3. The second kappa shape index (κ2) is 9.96. The van der Waals surface area contributed by atoms with Crippen molar-refractivity contribution in [2.45, 2.75) is 4.90 Å². The fraction of sp³-hybridized carbons (Fsp3) is 0.0385. The third-order valence-electron chi connectivity index (χ3n) is 5.43. The first-order chi connectivity index (χ1) is 17.2. The van der Waals surface area contributed by atoms with Gasteiger partial charge in [-0.1, -0.05) is 29.4 Å². The highest BCUT2D eigenvalue weighted by Gasteiger charge is 2.18. The summed E-state index contributed by atoms with van der Waals surface area (Å²) < 4.78 is 38.1. The molecule has 3 aromatic carbocycles. The highest BCUT2D eigenvalue weighted by molar-refractivity contribution is 7.90. The fourth-order valence-corrected chi connectivity index (χ4v) is 4.67. The van der Waals surface area contributed by atoms with Crippen LogP contribution in [0.5, 0.6) is 0 Å². The normalized spacial score (nSPS) is 11.5. The van der Waals surface area contributed by atoms with Gasteiger partial charge in [0.05, 0.1) is 22.4 Å². The van der Waals surface area contributed by atoms with Gasteiger partial charge in [-0.2, -0.15) is 0 Å². The van der Waals surface area contributed by atoms with Gasteiger partial charge in [-0.15, -0.1) is 0 Å². The van der Waals surface area contributed by atoms with E-state index in [2.05, 4.69) is 15.5 Å². The van der Waals surface area contributed by atoms with Crippen LogP contribution < -0.4 is 11.1 Å². The van der Waals surface area contributed by atoms with Crippen LogP contribution in [0.25, 0.3) is 22.4 Å². The molecule has 1 heterocycles. The van der Waals surface area contributed by atoms with Crippen LogP contribution in [0.4, 0.5) is 15.8 Å². The van der Waals surface area contributed by atoms with Gasteiger partial charge in [-0.05, 0) is 54.1 Å². The van der Waals surface area contributed by atoms with Gasteiger partial charge < -0.3 is 16.3 Å². The van der Waals surface area contributed by atoms with E-state index in [9.17, 15) is 17.6 Å². The van der Waals surface area contributed by atoms with Crippen molar-refractivity contribution in [3.63, 3.8) is 0 Å². The van der Waals surface area contributed by atoms with E-state index in [4.69, 9.17) is 10.9 Å². The smallest absolute Gasteiger partial charge is 0.257 e. The van der Waals surface area contributed by atoms with Crippen LogP contribution in [0, 0.1) is 5.82 Å². The Morgan fingerprint density at radius 2 is 1.81 bits per heavy atom. The molecule has 0 atom stereocenters. The minimum absolute atomic E-state index is 0.00467. The number of nitrogens with two attached hydrogens (primary N) is 1. The standard InChI is InChI=1S/C26H21FN4O4S/c1-36(34,35)24-12-9-17(27)14-21(24)16-7-10-18(11-8-16)31-26(32)20-5-3-13-29-25(20)19-4-2-6-23(28)22(19)15-30-33/h2-15,33H,28H2,1H3,(H,31,32). The van der Waals surface area contributed by atoms with E-state index in [1.165, 1.54) is 18.5 Å². The topological polar surface area (TPSA) is 135 Å². The Kier molecular flexibility index (Phi) is 6.80. The Morgan fingerprint density at radius 3 is 2.50 bits per heavy atom. The number of halogens is 1. The van der Waals surface area contributed by atoms with E-state index >= 15 is 0 Å². The molecule has 10 heteroatoms. The maximum Gasteiger partial charge on any atom is 0.257 e. The van der Waals surface area contributed by atoms with Crippen molar-refractivity contribution in [3.8, 4) is 22.4 Å². The molecule has 4 aromatic rings. The molecule has 0 aliphatic heterocycles.